The lowest BCUT2D eigenvalue weighted by Crippen LogP contribution is -2.19. The van der Waals surface area contributed by atoms with Gasteiger partial charge < -0.3 is 4.74 Å². The average Bonchev–Trinajstić information content (AvgIpc) is 2.84. The predicted octanol–water partition coefficient (Wildman–Crippen LogP) is 5.04. The van der Waals surface area contributed by atoms with Gasteiger partial charge >= 0.3 is 0 Å². The van der Waals surface area contributed by atoms with Crippen LogP contribution in [-0.2, 0) is 16.3 Å². The maximum atomic E-state index is 13.3. The number of nitriles is 1. The second-order valence-corrected chi connectivity index (χ2v) is 9.60. The zero-order valence-electron chi connectivity index (χ0n) is 18.0. The van der Waals surface area contributed by atoms with Crippen LogP contribution < -0.4 is 10.3 Å². The summed E-state index contributed by atoms with van der Waals surface area (Å²) in [7, 11) is -4.22. The monoisotopic (exact) mass is 491 g/mol. The third-order valence-corrected chi connectivity index (χ3v) is 7.01. The molecule has 0 amide bonds. The first-order chi connectivity index (χ1) is 16.3. The Hall–Kier alpha value is -3.93. The van der Waals surface area contributed by atoms with Gasteiger partial charge in [0.2, 0.25) is 15.7 Å². The fourth-order valence-electron chi connectivity index (χ4n) is 3.23. The van der Waals surface area contributed by atoms with Gasteiger partial charge in [0, 0.05) is 11.2 Å². The first kappa shape index (κ1) is 23.2. The molecular formula is C25H18ClN3O4S. The summed E-state index contributed by atoms with van der Waals surface area (Å²) in [5.41, 5.74) is 0.658. The van der Waals surface area contributed by atoms with E-state index in [1.54, 1.807) is 36.4 Å². The molecular weight excluding hydrogens is 474 g/mol. The Kier molecular flexibility index (Phi) is 6.50. The van der Waals surface area contributed by atoms with E-state index >= 15 is 0 Å². The van der Waals surface area contributed by atoms with Crippen LogP contribution in [0.5, 0.6) is 11.6 Å². The van der Waals surface area contributed by atoms with E-state index < -0.39 is 20.3 Å². The van der Waals surface area contributed by atoms with Gasteiger partial charge in [0.15, 0.2) is 0 Å². The minimum Gasteiger partial charge on any atom is -0.438 e. The van der Waals surface area contributed by atoms with Crippen LogP contribution in [0.25, 0.3) is 11.7 Å². The number of nitrogens with zero attached hydrogens (tertiary/aromatic N) is 3. The van der Waals surface area contributed by atoms with Gasteiger partial charge in [-0.1, -0.05) is 36.7 Å². The molecule has 0 unspecified atom stereocenters. The van der Waals surface area contributed by atoms with Gasteiger partial charge in [-0.2, -0.15) is 10.2 Å². The van der Waals surface area contributed by atoms with Gasteiger partial charge in [-0.3, -0.25) is 9.20 Å². The zero-order valence-corrected chi connectivity index (χ0v) is 19.5. The van der Waals surface area contributed by atoms with E-state index in [1.807, 2.05) is 19.1 Å². The van der Waals surface area contributed by atoms with E-state index in [0.29, 0.717) is 16.4 Å². The molecule has 0 fully saturated rings. The number of sulfone groups is 1. The summed E-state index contributed by atoms with van der Waals surface area (Å²) in [6, 6.07) is 19.3. The molecule has 0 atom stereocenters. The average molecular weight is 492 g/mol. The predicted molar refractivity (Wildman–Crippen MR) is 130 cm³/mol. The minimum atomic E-state index is -4.22. The van der Waals surface area contributed by atoms with Crippen molar-refractivity contribution in [1.29, 1.82) is 5.26 Å². The van der Waals surface area contributed by atoms with Crippen LogP contribution in [-0.4, -0.2) is 17.8 Å². The molecule has 2 heterocycles. The number of allylic oxidation sites excluding steroid dienone is 1. The summed E-state index contributed by atoms with van der Waals surface area (Å²) in [5.74, 6) is 0.303. The molecule has 0 aliphatic rings. The molecule has 0 bridgehead atoms. The van der Waals surface area contributed by atoms with E-state index in [9.17, 15) is 18.5 Å². The van der Waals surface area contributed by atoms with Crippen molar-refractivity contribution >= 4 is 33.2 Å². The van der Waals surface area contributed by atoms with Gasteiger partial charge in [-0.25, -0.2) is 8.42 Å². The first-order valence-electron chi connectivity index (χ1n) is 10.2. The van der Waals surface area contributed by atoms with E-state index in [1.165, 1.54) is 34.9 Å². The van der Waals surface area contributed by atoms with Gasteiger partial charge in [0.25, 0.3) is 5.56 Å². The molecule has 2 aromatic heterocycles. The fraction of sp³-hybridized carbons (Fsp3) is 0.0800. The number of halogens is 1. The van der Waals surface area contributed by atoms with Crippen molar-refractivity contribution in [3.63, 3.8) is 0 Å². The molecule has 0 aliphatic heterocycles. The molecule has 0 saturated carbocycles. The van der Waals surface area contributed by atoms with Crippen molar-refractivity contribution in [3.05, 3.63) is 104 Å². The normalized spacial score (nSPS) is 11.9. The highest BCUT2D eigenvalue weighted by Crippen LogP contribution is 2.27. The van der Waals surface area contributed by atoms with E-state index in [2.05, 4.69) is 4.98 Å². The lowest BCUT2D eigenvalue weighted by Gasteiger charge is -2.11. The summed E-state index contributed by atoms with van der Waals surface area (Å²) in [4.78, 5) is 16.9. The number of hydrogen-bond acceptors (Lipinski definition) is 6. The summed E-state index contributed by atoms with van der Waals surface area (Å²) < 4.78 is 33.3. The van der Waals surface area contributed by atoms with Crippen LogP contribution in [0.3, 0.4) is 0 Å². The smallest absolute Gasteiger partial charge is 0.269 e. The summed E-state index contributed by atoms with van der Waals surface area (Å²) in [6.45, 7) is 2.02. The molecule has 2 aromatic carbocycles. The van der Waals surface area contributed by atoms with Crippen molar-refractivity contribution in [1.82, 2.24) is 9.38 Å². The SMILES string of the molecule is CCc1ccc(Oc2nc3ccccn3c(=O)c2C=C(C#N)S(=O)(=O)c2ccc(Cl)cc2)cc1. The first-order valence-corrected chi connectivity index (χ1v) is 12.1. The number of rotatable bonds is 6. The van der Waals surface area contributed by atoms with Gasteiger partial charge in [0.05, 0.1) is 4.90 Å². The second kappa shape index (κ2) is 9.51. The molecule has 0 aliphatic carbocycles. The highest BCUT2D eigenvalue weighted by molar-refractivity contribution is 7.95. The standard InChI is InChI=1S/C25H18ClN3O4S/c1-2-17-6-10-19(11-7-17)33-24-22(25(30)29-14-4-3-5-23(29)28-24)15-21(16-27)34(31,32)20-12-8-18(26)9-13-20/h3-15H,2H2,1H3. The molecule has 170 valence electrons. The number of benzene rings is 2. The maximum absolute atomic E-state index is 13.3. The van der Waals surface area contributed by atoms with E-state index in [4.69, 9.17) is 16.3 Å². The number of pyridine rings is 1. The minimum absolute atomic E-state index is 0.112. The van der Waals surface area contributed by atoms with Crippen molar-refractivity contribution in [3.8, 4) is 17.7 Å². The Bertz CT molecular complexity index is 1600. The quantitative estimate of drug-likeness (QED) is 0.350. The van der Waals surface area contributed by atoms with Crippen LogP contribution in [0.2, 0.25) is 5.02 Å². The molecule has 0 radical (unpaired) electrons. The molecule has 34 heavy (non-hydrogen) atoms. The van der Waals surface area contributed by atoms with E-state index in [0.717, 1.165) is 18.1 Å². The summed E-state index contributed by atoms with van der Waals surface area (Å²) in [6.07, 6.45) is 3.34. The Balaban J connectivity index is 1.90. The Morgan fingerprint density at radius 1 is 1.12 bits per heavy atom. The molecule has 9 heteroatoms. The number of ether oxygens (including phenoxy) is 1. The molecule has 0 saturated heterocycles. The van der Waals surface area contributed by atoms with Crippen molar-refractivity contribution < 1.29 is 13.2 Å². The van der Waals surface area contributed by atoms with Crippen LogP contribution in [0.15, 0.2) is 87.5 Å². The zero-order chi connectivity index (χ0) is 24.3. The van der Waals surface area contributed by atoms with Gasteiger partial charge in [0.1, 0.15) is 27.9 Å². The second-order valence-electron chi connectivity index (χ2n) is 7.24. The third kappa shape index (κ3) is 4.57. The molecule has 4 aromatic rings. The number of aryl methyl sites for hydroxylation is 1. The largest absolute Gasteiger partial charge is 0.438 e. The highest BCUT2D eigenvalue weighted by atomic mass is 35.5. The Morgan fingerprint density at radius 3 is 2.47 bits per heavy atom. The number of fused-ring (bicyclic) bond motifs is 1. The summed E-state index contributed by atoms with van der Waals surface area (Å²) in [5, 5.41) is 10.0. The molecule has 7 nitrogen and oxygen atoms in total. The van der Waals surface area contributed by atoms with Crippen molar-refractivity contribution in [2.24, 2.45) is 0 Å². The Morgan fingerprint density at radius 2 is 1.82 bits per heavy atom. The number of aromatic nitrogens is 2. The lowest BCUT2D eigenvalue weighted by molar-refractivity contribution is 0.461. The molecule has 4 rings (SSSR count). The van der Waals surface area contributed by atoms with Crippen molar-refractivity contribution in [2.75, 3.05) is 0 Å². The maximum Gasteiger partial charge on any atom is 0.269 e. The van der Waals surface area contributed by atoms with Gasteiger partial charge in [-0.05, 0) is 66.6 Å². The van der Waals surface area contributed by atoms with Crippen molar-refractivity contribution in [2.45, 2.75) is 18.2 Å². The Labute approximate surface area is 201 Å². The summed E-state index contributed by atoms with van der Waals surface area (Å²) >= 11 is 5.85. The van der Waals surface area contributed by atoms with Crippen LogP contribution in [0.4, 0.5) is 0 Å². The van der Waals surface area contributed by atoms with E-state index in [-0.39, 0.29) is 16.3 Å². The third-order valence-electron chi connectivity index (χ3n) is 5.08. The topological polar surface area (TPSA) is 102 Å². The fourth-order valence-corrected chi connectivity index (χ4v) is 4.50. The lowest BCUT2D eigenvalue weighted by atomic mass is 10.2. The van der Waals surface area contributed by atoms with Crippen LogP contribution in [0.1, 0.15) is 18.1 Å². The van der Waals surface area contributed by atoms with Crippen LogP contribution in [0, 0.1) is 11.3 Å². The van der Waals surface area contributed by atoms with Crippen LogP contribution >= 0.6 is 11.6 Å². The van der Waals surface area contributed by atoms with Gasteiger partial charge in [-0.15, -0.1) is 0 Å². The molecule has 0 spiro atoms. The highest BCUT2D eigenvalue weighted by Gasteiger charge is 2.23. The molecule has 0 N–H and O–H groups in total. The number of hydrogen-bond donors (Lipinski definition) is 0.